The maximum absolute atomic E-state index is 14.6. The maximum atomic E-state index is 14.6. The minimum absolute atomic E-state index is 0.241. The molecule has 0 fully saturated rings. The number of aromatic nitrogens is 1. The summed E-state index contributed by atoms with van der Waals surface area (Å²) in [6.07, 6.45) is 6.73. The van der Waals surface area contributed by atoms with E-state index in [1.807, 2.05) is 25.3 Å². The molecule has 226 valence electrons. The van der Waals surface area contributed by atoms with E-state index < -0.39 is 18.0 Å². The number of nitrogens with one attached hydrogen (secondary N) is 2. The van der Waals surface area contributed by atoms with E-state index in [0.717, 1.165) is 67.6 Å². The summed E-state index contributed by atoms with van der Waals surface area (Å²) >= 11 is 0. The topological polar surface area (TPSA) is 86.7 Å². The van der Waals surface area contributed by atoms with E-state index in [2.05, 4.69) is 46.5 Å². The Morgan fingerprint density at radius 1 is 1.10 bits per heavy atom. The van der Waals surface area contributed by atoms with Gasteiger partial charge in [-0.1, -0.05) is 31.5 Å². The number of carbonyl (C=O) groups excluding carboxylic acids is 1. The van der Waals surface area contributed by atoms with Gasteiger partial charge in [-0.2, -0.15) is 0 Å². The number of halogens is 1. The molecular weight excluding hydrogens is 531 g/mol. The Kier molecular flexibility index (Phi) is 11.9. The van der Waals surface area contributed by atoms with Crippen molar-refractivity contribution in [1.82, 2.24) is 20.5 Å². The molecule has 0 spiro atoms. The van der Waals surface area contributed by atoms with Crippen LogP contribution in [0.1, 0.15) is 71.3 Å². The molecule has 2 heterocycles. The van der Waals surface area contributed by atoms with Gasteiger partial charge in [-0.15, -0.1) is 0 Å². The number of hydrogen-bond donors (Lipinski definition) is 3. The zero-order valence-corrected chi connectivity index (χ0v) is 25.2. The van der Waals surface area contributed by atoms with Crippen LogP contribution in [0.4, 0.5) is 4.39 Å². The highest BCUT2D eigenvalue weighted by Gasteiger charge is 2.24. The number of aliphatic hydroxyl groups excluding tert-OH is 1. The summed E-state index contributed by atoms with van der Waals surface area (Å²) < 4.78 is 20.5. The molecule has 3 N–H and O–H groups in total. The average Bonchev–Trinajstić information content (AvgIpc) is 2.95. The van der Waals surface area contributed by atoms with Crippen molar-refractivity contribution in [2.75, 3.05) is 26.2 Å². The van der Waals surface area contributed by atoms with E-state index in [1.54, 1.807) is 12.3 Å². The van der Waals surface area contributed by atoms with Gasteiger partial charge in [-0.3, -0.25) is 14.7 Å². The van der Waals surface area contributed by atoms with Gasteiger partial charge in [0.2, 0.25) is 0 Å². The highest BCUT2D eigenvalue weighted by atomic mass is 19.1. The van der Waals surface area contributed by atoms with Crippen molar-refractivity contribution >= 4 is 5.91 Å². The number of aliphatic hydroxyl groups is 1. The van der Waals surface area contributed by atoms with Gasteiger partial charge in [-0.25, -0.2) is 4.39 Å². The van der Waals surface area contributed by atoms with Gasteiger partial charge in [0.1, 0.15) is 11.6 Å². The highest BCUT2D eigenvalue weighted by molar-refractivity contribution is 5.94. The summed E-state index contributed by atoms with van der Waals surface area (Å²) in [5, 5.41) is 17.7. The molecule has 1 aliphatic rings. The first-order valence-corrected chi connectivity index (χ1v) is 15.2. The van der Waals surface area contributed by atoms with E-state index in [9.17, 15) is 14.3 Å². The van der Waals surface area contributed by atoms with E-state index in [1.165, 1.54) is 12.1 Å². The van der Waals surface area contributed by atoms with Crippen LogP contribution >= 0.6 is 0 Å². The van der Waals surface area contributed by atoms with Crippen LogP contribution in [0, 0.1) is 12.7 Å². The Balaban J connectivity index is 1.57. The Morgan fingerprint density at radius 2 is 1.93 bits per heavy atom. The third-order valence-electron chi connectivity index (χ3n) is 7.59. The largest absolute Gasteiger partial charge is 0.493 e. The maximum Gasteiger partial charge on any atom is 0.251 e. The van der Waals surface area contributed by atoms with Crippen molar-refractivity contribution in [1.29, 1.82) is 0 Å². The number of nitrogens with zero attached hydrogens (tertiary/aromatic N) is 2. The number of ether oxygens (including phenoxy) is 1. The fourth-order valence-electron chi connectivity index (χ4n) is 5.51. The molecule has 0 saturated heterocycles. The fraction of sp³-hybridized carbons (Fsp3) is 0.471. The van der Waals surface area contributed by atoms with Crippen molar-refractivity contribution in [3.05, 3.63) is 94.1 Å². The molecule has 0 saturated carbocycles. The lowest BCUT2D eigenvalue weighted by atomic mass is 9.99. The van der Waals surface area contributed by atoms with E-state index in [4.69, 9.17) is 4.74 Å². The van der Waals surface area contributed by atoms with Crippen LogP contribution in [0.3, 0.4) is 0 Å². The molecule has 4 bridgehead atoms. The lowest BCUT2D eigenvalue weighted by Crippen LogP contribution is -2.48. The number of hydrogen-bond acceptors (Lipinski definition) is 6. The van der Waals surface area contributed by atoms with Gasteiger partial charge in [0.05, 0.1) is 18.8 Å². The predicted octanol–water partition coefficient (Wildman–Crippen LogP) is 4.97. The van der Waals surface area contributed by atoms with Gasteiger partial charge < -0.3 is 20.5 Å². The van der Waals surface area contributed by atoms with Gasteiger partial charge in [0.25, 0.3) is 5.91 Å². The summed E-state index contributed by atoms with van der Waals surface area (Å²) in [5.41, 5.74) is 5.48. The van der Waals surface area contributed by atoms with Gasteiger partial charge in [0.15, 0.2) is 0 Å². The average molecular weight is 577 g/mol. The Labute approximate surface area is 249 Å². The second-order valence-electron chi connectivity index (χ2n) is 11.4. The summed E-state index contributed by atoms with van der Waals surface area (Å²) in [7, 11) is 0. The molecule has 2 atom stereocenters. The number of fused-ring (bicyclic) bond motifs is 4. The number of amides is 1. The molecule has 4 rings (SSSR count). The molecule has 1 aliphatic heterocycles. The third kappa shape index (κ3) is 9.61. The van der Waals surface area contributed by atoms with Crippen molar-refractivity contribution in [3.8, 4) is 5.75 Å². The molecule has 1 aromatic heterocycles. The summed E-state index contributed by atoms with van der Waals surface area (Å²) in [5.74, 6) is -0.204. The molecule has 7 nitrogen and oxygen atoms in total. The second kappa shape index (κ2) is 15.8. The quantitative estimate of drug-likeness (QED) is 0.351. The Hall–Kier alpha value is -3.33. The lowest BCUT2D eigenvalue weighted by molar-refractivity contribution is 0.0829. The van der Waals surface area contributed by atoms with E-state index >= 15 is 0 Å². The van der Waals surface area contributed by atoms with Gasteiger partial charge in [-0.05, 0) is 98.6 Å². The highest BCUT2D eigenvalue weighted by Crippen LogP contribution is 2.20. The molecule has 8 heteroatoms. The van der Waals surface area contributed by atoms with Gasteiger partial charge >= 0.3 is 0 Å². The lowest BCUT2D eigenvalue weighted by Gasteiger charge is -2.25. The first-order valence-electron chi connectivity index (χ1n) is 15.2. The van der Waals surface area contributed by atoms with Crippen molar-refractivity contribution < 1.29 is 19.0 Å². The minimum atomic E-state index is -0.921. The second-order valence-corrected chi connectivity index (χ2v) is 11.4. The fourth-order valence-corrected chi connectivity index (χ4v) is 5.51. The van der Waals surface area contributed by atoms with Crippen LogP contribution in [0.5, 0.6) is 5.75 Å². The van der Waals surface area contributed by atoms with Crippen LogP contribution in [0.25, 0.3) is 0 Å². The monoisotopic (exact) mass is 576 g/mol. The number of aryl methyl sites for hydroxylation is 2. The van der Waals surface area contributed by atoms with Crippen LogP contribution in [-0.2, 0) is 25.9 Å². The summed E-state index contributed by atoms with van der Waals surface area (Å²) in [6.45, 7) is 10.2. The van der Waals surface area contributed by atoms with Crippen molar-refractivity contribution in [3.63, 3.8) is 0 Å². The molecule has 42 heavy (non-hydrogen) atoms. The summed E-state index contributed by atoms with van der Waals surface area (Å²) in [4.78, 5) is 20.3. The van der Waals surface area contributed by atoms with Crippen LogP contribution < -0.4 is 15.4 Å². The first-order chi connectivity index (χ1) is 20.3. The number of rotatable bonds is 8. The SMILES string of the molecule is CCCN1CCCCOc2cc(F)cc(c2)C[C@@H]([C@H](O)CNCc2cncc(CC)c2)NC(=O)c2cc(C)cc(c2)C1. The van der Waals surface area contributed by atoms with E-state index in [-0.39, 0.29) is 18.9 Å². The molecule has 3 aromatic rings. The standard InChI is InChI=1S/C34H45FN4O3/c1-4-8-39-9-6-7-10-42-31-16-26(15-30(35)18-31)17-32(38-34(41)29-12-24(3)11-27(14-29)23-39)33(40)22-37-21-28-13-25(5-2)19-36-20-28/h11-16,18-20,32-33,37,40H,4-10,17,21-23H2,1-3H3,(H,38,41)/t32-,33+/m0/s1. The molecule has 2 aromatic carbocycles. The first kappa shape index (κ1) is 31.6. The predicted molar refractivity (Wildman–Crippen MR) is 164 cm³/mol. The summed E-state index contributed by atoms with van der Waals surface area (Å²) in [6, 6.07) is 12.0. The third-order valence-corrected chi connectivity index (χ3v) is 7.59. The number of pyridine rings is 1. The Morgan fingerprint density at radius 3 is 2.74 bits per heavy atom. The molecular formula is C34H45FN4O3. The van der Waals surface area contributed by atoms with Gasteiger partial charge in [0, 0.05) is 43.7 Å². The van der Waals surface area contributed by atoms with Crippen LogP contribution in [0.2, 0.25) is 0 Å². The minimum Gasteiger partial charge on any atom is -0.493 e. The van der Waals surface area contributed by atoms with Crippen molar-refractivity contribution in [2.24, 2.45) is 0 Å². The van der Waals surface area contributed by atoms with Crippen molar-refractivity contribution in [2.45, 2.75) is 78.1 Å². The number of benzene rings is 2. The molecule has 1 amide bonds. The van der Waals surface area contributed by atoms with Crippen LogP contribution in [-0.4, -0.2) is 59.3 Å². The number of carbonyl (C=O) groups is 1. The Bertz CT molecular complexity index is 1320. The zero-order valence-electron chi connectivity index (χ0n) is 25.2. The molecule has 0 aliphatic carbocycles. The normalized spacial score (nSPS) is 17.6. The molecule has 0 unspecified atom stereocenters. The van der Waals surface area contributed by atoms with E-state index in [0.29, 0.717) is 30.0 Å². The molecule has 0 radical (unpaired) electrons. The smallest absolute Gasteiger partial charge is 0.251 e. The van der Waals surface area contributed by atoms with Crippen LogP contribution in [0.15, 0.2) is 54.9 Å². The zero-order chi connectivity index (χ0) is 29.9.